The Labute approximate surface area is 429 Å². The first-order valence-corrected chi connectivity index (χ1v) is 26.9. The second kappa shape index (κ2) is 21.5. The summed E-state index contributed by atoms with van der Waals surface area (Å²) < 4.78 is 60.8. The Bertz CT molecular complexity index is 1900. The molecule has 1 spiro atoms. The van der Waals surface area contributed by atoms with Gasteiger partial charge in [0.15, 0.2) is 30.9 Å². The predicted molar refractivity (Wildman–Crippen MR) is 245 cm³/mol. The lowest BCUT2D eigenvalue weighted by atomic mass is 9.44. The molecule has 0 aromatic heterocycles. The number of fused-ring (bicyclic) bond motifs is 7. The van der Waals surface area contributed by atoms with Crippen LogP contribution in [0.2, 0.25) is 0 Å². The van der Waals surface area contributed by atoms with Crippen molar-refractivity contribution in [1.82, 2.24) is 0 Å². The fourth-order valence-electron chi connectivity index (χ4n) is 16.0. The highest BCUT2D eigenvalue weighted by Crippen LogP contribution is 2.71. The molecule has 4 saturated carbocycles. The second-order valence-corrected chi connectivity index (χ2v) is 24.1. The maximum atomic E-state index is 12.3. The average molecular weight is 1070 g/mol. The van der Waals surface area contributed by atoms with Crippen molar-refractivity contribution in [3.05, 3.63) is 0 Å². The molecule has 14 N–H and O–H groups in total. The lowest BCUT2D eigenvalue weighted by molar-refractivity contribution is -0.404. The highest BCUT2D eigenvalue weighted by molar-refractivity contribution is 5.19. The lowest BCUT2D eigenvalue weighted by Gasteiger charge is -2.62. The van der Waals surface area contributed by atoms with Crippen molar-refractivity contribution in [2.24, 2.45) is 52.3 Å². The van der Waals surface area contributed by atoms with E-state index < -0.39 is 167 Å². The van der Waals surface area contributed by atoms with Crippen LogP contribution in [-0.4, -0.2) is 251 Å². The van der Waals surface area contributed by atoms with Gasteiger partial charge in [0, 0.05) is 18.3 Å². The number of ether oxygens (including phenoxy) is 10. The molecule has 33 atom stereocenters. The summed E-state index contributed by atoms with van der Waals surface area (Å²) in [5.74, 6) is 0.623. The zero-order valence-corrected chi connectivity index (χ0v) is 42.4. The molecule has 6 aliphatic heterocycles. The minimum Gasteiger partial charge on any atom is -0.394 e. The summed E-state index contributed by atoms with van der Waals surface area (Å²) in [6.07, 6.45) is -30.7. The summed E-state index contributed by atoms with van der Waals surface area (Å²) in [6, 6.07) is 0. The first-order valence-electron chi connectivity index (χ1n) is 26.9. The van der Waals surface area contributed by atoms with Crippen molar-refractivity contribution < 1.29 is 119 Å². The summed E-state index contributed by atoms with van der Waals surface area (Å²) in [5, 5.41) is 154. The second-order valence-electron chi connectivity index (χ2n) is 24.1. The Morgan fingerprint density at radius 2 is 1.14 bits per heavy atom. The molecule has 0 aromatic rings. The van der Waals surface area contributed by atoms with E-state index in [2.05, 4.69) is 27.7 Å². The third kappa shape index (κ3) is 9.35. The van der Waals surface area contributed by atoms with Gasteiger partial charge in [0.1, 0.15) is 91.6 Å². The third-order valence-electron chi connectivity index (χ3n) is 20.0. The van der Waals surface area contributed by atoms with Crippen LogP contribution in [0, 0.1) is 52.3 Å². The van der Waals surface area contributed by atoms with Crippen LogP contribution in [0.1, 0.15) is 79.1 Å². The number of hydrogen-bond acceptors (Lipinski definition) is 24. The van der Waals surface area contributed by atoms with Crippen molar-refractivity contribution in [3.63, 3.8) is 0 Å². The van der Waals surface area contributed by atoms with Crippen LogP contribution in [0.25, 0.3) is 0 Å². The summed E-state index contributed by atoms with van der Waals surface area (Å²) in [7, 11) is 0. The molecule has 426 valence electrons. The molecule has 10 rings (SSSR count). The summed E-state index contributed by atoms with van der Waals surface area (Å²) in [4.78, 5) is 0. The molecule has 6 heterocycles. The Hall–Kier alpha value is -0.960. The largest absolute Gasteiger partial charge is 0.394 e. The first-order chi connectivity index (χ1) is 35.1. The molecule has 4 aliphatic carbocycles. The maximum absolute atomic E-state index is 12.3. The fraction of sp³-hybridized carbons (Fsp3) is 1.00. The van der Waals surface area contributed by atoms with Gasteiger partial charge >= 0.3 is 0 Å². The molecule has 10 fully saturated rings. The molecule has 74 heavy (non-hydrogen) atoms. The van der Waals surface area contributed by atoms with Gasteiger partial charge in [-0.25, -0.2) is 0 Å². The fourth-order valence-corrected chi connectivity index (χ4v) is 16.0. The van der Waals surface area contributed by atoms with Crippen molar-refractivity contribution in [3.8, 4) is 0 Å². The van der Waals surface area contributed by atoms with Crippen LogP contribution >= 0.6 is 0 Å². The van der Waals surface area contributed by atoms with E-state index in [1.54, 1.807) is 0 Å². The van der Waals surface area contributed by atoms with E-state index in [0.717, 1.165) is 38.5 Å². The predicted octanol–water partition coefficient (Wildman–Crippen LogP) is -4.33. The zero-order valence-electron chi connectivity index (χ0n) is 42.4. The monoisotopic (exact) mass is 1070 g/mol. The molecule has 24 heteroatoms. The van der Waals surface area contributed by atoms with Gasteiger partial charge in [-0.3, -0.25) is 0 Å². The van der Waals surface area contributed by atoms with Crippen LogP contribution in [-0.2, 0) is 47.4 Å². The van der Waals surface area contributed by atoms with E-state index in [1.807, 2.05) is 0 Å². The van der Waals surface area contributed by atoms with Gasteiger partial charge in [-0.2, -0.15) is 0 Å². The standard InChI is InChI=1S/C50H82O24/c1-18-7-10-50(66-16-18)19(2)29-41(74-50)34(59)30-21-6-5-20-11-25(23(54)12-49(20,4)22(21)8-9-48(29,30)3)67-45-39(64)36(61)40(28(15-53)70-45)71-47-43(73-46-38(63)35(60)32(57)26(13-51)68-46)42(33(58)27(14-52)69-47)72-44-37(62)31(56)24(55)17-65-44/h18-47,51-64H,5-17H2,1-4H3/t18?,19-,20-,21+,22-,23+,24+,25+,26+,27+,28+,29-,30+,31-,32-,33+,34-,35-,36+,37+,38+,39+,40-,41+,42-,43+,44-,45+,46-,47-,48+,49-,50+/m0/s1. The minimum absolute atomic E-state index is 0.0229. The molecule has 6 saturated heterocycles. The molecule has 0 bridgehead atoms. The quantitative estimate of drug-likeness (QED) is 0.0870. The summed E-state index contributed by atoms with van der Waals surface area (Å²) in [6.45, 7) is 6.51. The van der Waals surface area contributed by atoms with Crippen LogP contribution in [0.3, 0.4) is 0 Å². The Morgan fingerprint density at radius 1 is 0.514 bits per heavy atom. The van der Waals surface area contributed by atoms with Gasteiger partial charge in [-0.05, 0) is 85.4 Å². The number of aliphatic hydroxyl groups is 14. The Morgan fingerprint density at radius 3 is 1.82 bits per heavy atom. The molecular weight excluding hydrogens is 985 g/mol. The van der Waals surface area contributed by atoms with Crippen molar-refractivity contribution >= 4 is 0 Å². The molecule has 1 unspecified atom stereocenters. The van der Waals surface area contributed by atoms with Gasteiger partial charge in [-0.1, -0.05) is 27.7 Å². The highest BCUT2D eigenvalue weighted by Gasteiger charge is 2.73. The van der Waals surface area contributed by atoms with Gasteiger partial charge in [0.05, 0.1) is 57.5 Å². The van der Waals surface area contributed by atoms with E-state index in [4.69, 9.17) is 47.4 Å². The summed E-state index contributed by atoms with van der Waals surface area (Å²) in [5.41, 5.74) is -0.460. The van der Waals surface area contributed by atoms with E-state index in [1.165, 1.54) is 0 Å². The number of aliphatic hydroxyl groups excluding tert-OH is 14. The average Bonchev–Trinajstić information content (AvgIpc) is 3.79. The Kier molecular flexibility index (Phi) is 16.4. The van der Waals surface area contributed by atoms with Gasteiger partial charge in [0.25, 0.3) is 0 Å². The highest BCUT2D eigenvalue weighted by atomic mass is 16.8. The van der Waals surface area contributed by atoms with Gasteiger partial charge in [-0.15, -0.1) is 0 Å². The first kappa shape index (κ1) is 56.3. The van der Waals surface area contributed by atoms with E-state index in [-0.39, 0.29) is 52.4 Å². The Balaban J connectivity index is 0.830. The van der Waals surface area contributed by atoms with Crippen molar-refractivity contribution in [2.45, 2.75) is 226 Å². The zero-order chi connectivity index (χ0) is 53.1. The van der Waals surface area contributed by atoms with Crippen LogP contribution in [0.15, 0.2) is 0 Å². The minimum atomic E-state index is -2.03. The molecular formula is C50H82O24. The SMILES string of the molecule is CC1CC[C@@]2(OC1)O[C@H]1[C@@H](O)[C@H]3[C@@H]4CC[C@H]5C[C@@H](O[C@@H]6O[C@H](CO)[C@H](O[C@@H]7O[C@H](CO)[C@@H](O)[C@H](O[C@@H]8OC[C@@H](O)[C@H](O)[C@H]8O)[C@H]7O[C@@H]7O[C@H](CO)[C@H](O)[C@H](O)[C@H]7O)[C@H](O)[C@H]6O)[C@H](O)C[C@]5(C)[C@H]4CC[C@]3(C)[C@H]1[C@@H]2C. The molecule has 24 nitrogen and oxygen atoms in total. The van der Waals surface area contributed by atoms with Crippen molar-refractivity contribution in [1.29, 1.82) is 0 Å². The summed E-state index contributed by atoms with van der Waals surface area (Å²) >= 11 is 0. The smallest absolute Gasteiger partial charge is 0.187 e. The molecule has 10 aliphatic rings. The topological polar surface area (TPSA) is 376 Å². The van der Waals surface area contributed by atoms with Gasteiger partial charge < -0.3 is 119 Å². The van der Waals surface area contributed by atoms with Crippen LogP contribution in [0.5, 0.6) is 0 Å². The normalized spacial score (nSPS) is 58.6. The molecule has 0 aromatic carbocycles. The van der Waals surface area contributed by atoms with E-state index in [9.17, 15) is 71.5 Å². The number of rotatable bonds is 11. The van der Waals surface area contributed by atoms with Gasteiger partial charge in [0.2, 0.25) is 0 Å². The molecule has 0 radical (unpaired) electrons. The lowest BCUT2D eigenvalue weighted by Crippen LogP contribution is -2.68. The molecule has 0 amide bonds. The van der Waals surface area contributed by atoms with E-state index in [0.29, 0.717) is 25.4 Å². The third-order valence-corrected chi connectivity index (χ3v) is 20.0. The van der Waals surface area contributed by atoms with E-state index >= 15 is 0 Å². The number of hydrogen-bond donors (Lipinski definition) is 14. The van der Waals surface area contributed by atoms with Crippen LogP contribution < -0.4 is 0 Å². The van der Waals surface area contributed by atoms with Crippen LogP contribution in [0.4, 0.5) is 0 Å². The van der Waals surface area contributed by atoms with Crippen molar-refractivity contribution in [2.75, 3.05) is 33.0 Å². The maximum Gasteiger partial charge on any atom is 0.187 e.